The van der Waals surface area contributed by atoms with Gasteiger partial charge >= 0.3 is 0 Å². The molecule has 6 nitrogen and oxygen atoms in total. The number of halogens is 2. The first kappa shape index (κ1) is 16.1. The zero-order valence-electron chi connectivity index (χ0n) is 11.6. The Balaban J connectivity index is 2.40. The van der Waals surface area contributed by atoms with E-state index in [4.69, 9.17) is 10.5 Å². The summed E-state index contributed by atoms with van der Waals surface area (Å²) in [6.07, 6.45) is 1.47. The quantitative estimate of drug-likeness (QED) is 0.657. The molecule has 1 saturated heterocycles. The molecule has 2 unspecified atom stereocenters. The van der Waals surface area contributed by atoms with Crippen molar-refractivity contribution in [1.82, 2.24) is 0 Å². The van der Waals surface area contributed by atoms with Gasteiger partial charge in [0.05, 0.1) is 15.5 Å². The van der Waals surface area contributed by atoms with Crippen molar-refractivity contribution in [3.8, 4) is 0 Å². The minimum absolute atomic E-state index is 0.0778. The fourth-order valence-corrected chi connectivity index (χ4v) is 3.00. The molecule has 1 heterocycles. The van der Waals surface area contributed by atoms with Crippen molar-refractivity contribution in [2.24, 2.45) is 5.73 Å². The van der Waals surface area contributed by atoms with Crippen LogP contribution in [0.2, 0.25) is 0 Å². The molecule has 2 atom stereocenters. The molecule has 1 aromatic rings. The number of nitrogens with zero attached hydrogens (tertiary/aromatic N) is 2. The van der Waals surface area contributed by atoms with E-state index in [-0.39, 0.29) is 28.0 Å². The lowest BCUT2D eigenvalue weighted by Crippen LogP contribution is -2.49. The van der Waals surface area contributed by atoms with Gasteiger partial charge in [0.25, 0.3) is 5.69 Å². The van der Waals surface area contributed by atoms with E-state index in [0.29, 0.717) is 19.5 Å². The monoisotopic (exact) mass is 361 g/mol. The van der Waals surface area contributed by atoms with Gasteiger partial charge in [-0.1, -0.05) is 0 Å². The van der Waals surface area contributed by atoms with Crippen molar-refractivity contribution >= 4 is 27.3 Å². The van der Waals surface area contributed by atoms with Gasteiger partial charge in [-0.15, -0.1) is 0 Å². The van der Waals surface area contributed by atoms with Crippen molar-refractivity contribution in [1.29, 1.82) is 0 Å². The van der Waals surface area contributed by atoms with Crippen LogP contribution in [-0.4, -0.2) is 37.3 Å². The summed E-state index contributed by atoms with van der Waals surface area (Å²) in [4.78, 5) is 12.5. The summed E-state index contributed by atoms with van der Waals surface area (Å²) in [5, 5.41) is 11.2. The van der Waals surface area contributed by atoms with E-state index in [9.17, 15) is 14.5 Å². The van der Waals surface area contributed by atoms with E-state index in [1.165, 1.54) is 12.1 Å². The van der Waals surface area contributed by atoms with E-state index in [2.05, 4.69) is 15.9 Å². The number of nitro benzene ring substituents is 1. The van der Waals surface area contributed by atoms with Crippen molar-refractivity contribution in [2.75, 3.05) is 25.1 Å². The van der Waals surface area contributed by atoms with Crippen LogP contribution in [0.5, 0.6) is 0 Å². The van der Waals surface area contributed by atoms with Crippen LogP contribution in [-0.2, 0) is 4.74 Å². The number of nitro groups is 1. The van der Waals surface area contributed by atoms with Crippen LogP contribution < -0.4 is 10.6 Å². The second-order valence-electron chi connectivity index (χ2n) is 4.98. The predicted octanol–water partition coefficient (Wildman–Crippen LogP) is 2.44. The maximum Gasteiger partial charge on any atom is 0.293 e. The number of piperidine rings is 1. The molecule has 0 amide bonds. The fraction of sp³-hybridized carbons (Fsp3) is 0.538. The number of nitrogens with two attached hydrogens (primary N) is 1. The number of benzene rings is 1. The number of anilines is 1. The summed E-state index contributed by atoms with van der Waals surface area (Å²) in [5.41, 5.74) is 5.91. The highest BCUT2D eigenvalue weighted by atomic mass is 79.9. The number of methoxy groups -OCH3 is 1. The van der Waals surface area contributed by atoms with Crippen LogP contribution in [0.25, 0.3) is 0 Å². The number of rotatable bonds is 4. The molecule has 0 spiro atoms. The van der Waals surface area contributed by atoms with Gasteiger partial charge < -0.3 is 15.4 Å². The molecule has 0 saturated carbocycles. The Hall–Kier alpha value is -1.25. The maximum absolute atomic E-state index is 13.8. The minimum Gasteiger partial charge on any atom is -0.381 e. The summed E-state index contributed by atoms with van der Waals surface area (Å²) in [6.45, 7) is 0.872. The lowest BCUT2D eigenvalue weighted by molar-refractivity contribution is -0.384. The Bertz CT molecular complexity index is 544. The van der Waals surface area contributed by atoms with Crippen LogP contribution in [0, 0.1) is 15.9 Å². The van der Waals surface area contributed by atoms with Gasteiger partial charge in [0.2, 0.25) is 0 Å². The molecule has 0 radical (unpaired) electrons. The Morgan fingerprint density at radius 2 is 2.33 bits per heavy atom. The van der Waals surface area contributed by atoms with E-state index >= 15 is 0 Å². The highest BCUT2D eigenvalue weighted by Crippen LogP contribution is 2.36. The normalized spacial score (nSPS) is 22.4. The van der Waals surface area contributed by atoms with E-state index < -0.39 is 10.7 Å². The molecule has 2 rings (SSSR count). The topological polar surface area (TPSA) is 81.6 Å². The maximum atomic E-state index is 13.8. The summed E-state index contributed by atoms with van der Waals surface area (Å²) in [6, 6.07) is 2.28. The van der Waals surface area contributed by atoms with Crippen LogP contribution in [0.4, 0.5) is 15.8 Å². The first-order valence-corrected chi connectivity index (χ1v) is 7.40. The van der Waals surface area contributed by atoms with Gasteiger partial charge in [-0.2, -0.15) is 0 Å². The first-order valence-electron chi connectivity index (χ1n) is 6.60. The summed E-state index contributed by atoms with van der Waals surface area (Å²) in [7, 11) is 1.63. The Labute approximate surface area is 130 Å². The molecule has 1 aliphatic heterocycles. The molecular formula is C13H17BrFN3O3. The van der Waals surface area contributed by atoms with Crippen molar-refractivity contribution in [2.45, 2.75) is 25.0 Å². The fourth-order valence-electron chi connectivity index (χ4n) is 2.67. The lowest BCUT2D eigenvalue weighted by Gasteiger charge is -2.39. The van der Waals surface area contributed by atoms with E-state index in [0.717, 1.165) is 6.42 Å². The van der Waals surface area contributed by atoms with Crippen LogP contribution in [0.3, 0.4) is 0 Å². The third-order valence-corrected chi connectivity index (χ3v) is 4.40. The number of ether oxygens (including phenoxy) is 1. The average Bonchev–Trinajstić information content (AvgIpc) is 2.48. The zero-order valence-corrected chi connectivity index (χ0v) is 13.2. The third kappa shape index (κ3) is 3.33. The highest BCUT2D eigenvalue weighted by molar-refractivity contribution is 9.10. The van der Waals surface area contributed by atoms with Gasteiger partial charge in [0.15, 0.2) is 0 Å². The van der Waals surface area contributed by atoms with Crippen molar-refractivity contribution in [3.05, 3.63) is 32.5 Å². The molecule has 21 heavy (non-hydrogen) atoms. The molecule has 0 bridgehead atoms. The largest absolute Gasteiger partial charge is 0.381 e. The summed E-state index contributed by atoms with van der Waals surface area (Å²) >= 11 is 2.98. The zero-order chi connectivity index (χ0) is 15.6. The SMILES string of the molecule is COC1CCN(c2cc(F)c(Br)cc2[N+](=O)[O-])C(CN)C1. The van der Waals surface area contributed by atoms with Gasteiger partial charge in [-0.05, 0) is 28.8 Å². The Kier molecular flexibility index (Phi) is 5.13. The second kappa shape index (κ2) is 6.67. The molecule has 116 valence electrons. The van der Waals surface area contributed by atoms with E-state index in [1.54, 1.807) is 7.11 Å². The van der Waals surface area contributed by atoms with Crippen LogP contribution >= 0.6 is 15.9 Å². The molecule has 2 N–H and O–H groups in total. The lowest BCUT2D eigenvalue weighted by atomic mass is 9.98. The van der Waals surface area contributed by atoms with Crippen LogP contribution in [0.15, 0.2) is 16.6 Å². The first-order chi connectivity index (χ1) is 9.97. The number of hydrogen-bond donors (Lipinski definition) is 1. The second-order valence-corrected chi connectivity index (χ2v) is 5.83. The Morgan fingerprint density at radius 3 is 2.90 bits per heavy atom. The average molecular weight is 362 g/mol. The Morgan fingerprint density at radius 1 is 1.62 bits per heavy atom. The minimum atomic E-state index is -0.528. The standard InChI is InChI=1S/C13H17BrFN3O3/c1-21-9-2-3-17(8(4-9)7-16)12-6-11(15)10(14)5-13(12)18(19)20/h5-6,8-9H,2-4,7,16H2,1H3. The molecule has 1 fully saturated rings. The summed E-state index contributed by atoms with van der Waals surface area (Å²) < 4.78 is 19.2. The molecule has 0 aliphatic carbocycles. The molecule has 1 aromatic carbocycles. The molecule has 0 aromatic heterocycles. The molecular weight excluding hydrogens is 345 g/mol. The third-order valence-electron chi connectivity index (χ3n) is 3.80. The van der Waals surface area contributed by atoms with Gasteiger partial charge in [-0.3, -0.25) is 10.1 Å². The number of hydrogen-bond acceptors (Lipinski definition) is 5. The molecule has 8 heteroatoms. The summed E-state index contributed by atoms with van der Waals surface area (Å²) in [5.74, 6) is -0.528. The van der Waals surface area contributed by atoms with Gasteiger partial charge in [0.1, 0.15) is 11.5 Å². The smallest absolute Gasteiger partial charge is 0.293 e. The van der Waals surface area contributed by atoms with E-state index in [1.807, 2.05) is 4.90 Å². The van der Waals surface area contributed by atoms with Crippen molar-refractivity contribution in [3.63, 3.8) is 0 Å². The van der Waals surface area contributed by atoms with Gasteiger partial charge in [0, 0.05) is 38.4 Å². The predicted molar refractivity (Wildman–Crippen MR) is 81.0 cm³/mol. The van der Waals surface area contributed by atoms with Gasteiger partial charge in [-0.25, -0.2) is 4.39 Å². The highest BCUT2D eigenvalue weighted by Gasteiger charge is 2.32. The van der Waals surface area contributed by atoms with Crippen molar-refractivity contribution < 1.29 is 14.1 Å². The van der Waals surface area contributed by atoms with Crippen LogP contribution in [0.1, 0.15) is 12.8 Å². The molecule has 1 aliphatic rings.